The van der Waals surface area contributed by atoms with Crippen LogP contribution >= 0.6 is 23.5 Å². The average molecular weight is 701 g/mol. The first-order chi connectivity index (χ1) is 21.3. The molecule has 0 fully saturated rings. The molecule has 4 N–H and O–H groups in total. The molecule has 13 nitrogen and oxygen atoms in total. The van der Waals surface area contributed by atoms with Gasteiger partial charge >= 0.3 is 24.3 Å². The molecule has 4 atom stereocenters. The van der Waals surface area contributed by atoms with Gasteiger partial charge in [-0.05, 0) is 12.1 Å². The molecule has 2 heterocycles. The highest BCUT2D eigenvalue weighted by molar-refractivity contribution is 7.99. The van der Waals surface area contributed by atoms with E-state index in [1.165, 1.54) is 0 Å². The molecule has 21 heteroatoms. The molecule has 2 aromatic rings. The third-order valence-corrected chi connectivity index (χ3v) is 8.26. The van der Waals surface area contributed by atoms with Gasteiger partial charge in [0.25, 0.3) is 0 Å². The lowest BCUT2D eigenvalue weighted by Crippen LogP contribution is -2.41. The fourth-order valence-corrected chi connectivity index (χ4v) is 6.08. The third kappa shape index (κ3) is 12.4. The van der Waals surface area contributed by atoms with Crippen LogP contribution in [0.1, 0.15) is 60.2 Å². The van der Waals surface area contributed by atoms with Crippen molar-refractivity contribution in [2.24, 2.45) is 0 Å². The summed E-state index contributed by atoms with van der Waals surface area (Å²) in [6.45, 7) is 2.07. The van der Waals surface area contributed by atoms with Gasteiger partial charge in [0.2, 0.25) is 17.6 Å². The van der Waals surface area contributed by atoms with Gasteiger partial charge in [-0.15, -0.1) is 23.5 Å². The number of carboxylic acid groups (broad SMARTS) is 2. The van der Waals surface area contributed by atoms with E-state index in [2.05, 4.69) is 30.6 Å². The van der Waals surface area contributed by atoms with E-state index in [0.29, 0.717) is 29.6 Å². The Morgan fingerprint density at radius 2 is 1.26 bits per heavy atom. The maximum Gasteiger partial charge on any atom is 0.451 e. The Labute approximate surface area is 264 Å². The summed E-state index contributed by atoms with van der Waals surface area (Å²) in [6, 6.07) is -1.40. The summed E-state index contributed by atoms with van der Waals surface area (Å²) >= 11 is 1.32. The Bertz CT molecular complexity index is 1330. The molecule has 0 aromatic carbocycles. The third-order valence-electron chi connectivity index (χ3n) is 5.62. The average Bonchev–Trinajstić information content (AvgIpc) is 2.94. The SMILES string of the molecule is CC(=O)NC(CSC(CC(=O)CC(SCC(NC(C)=O)C(=O)O)c1nccc(C(F)(F)F)n1)c1ccnc(C(F)(F)F)n1)C(=O)O. The summed E-state index contributed by atoms with van der Waals surface area (Å²) in [5.74, 6) is -8.11. The van der Waals surface area contributed by atoms with Crippen molar-refractivity contribution in [3.8, 4) is 0 Å². The number of carboxylic acids is 2. The van der Waals surface area contributed by atoms with Crippen molar-refractivity contribution in [3.05, 3.63) is 47.6 Å². The Kier molecular flexibility index (Phi) is 13.7. The van der Waals surface area contributed by atoms with Crippen molar-refractivity contribution in [2.75, 3.05) is 11.5 Å². The second-order valence-corrected chi connectivity index (χ2v) is 11.8. The summed E-state index contributed by atoms with van der Waals surface area (Å²) in [5.41, 5.74) is -1.69. The van der Waals surface area contributed by atoms with Crippen LogP contribution in [0.3, 0.4) is 0 Å². The molecule has 2 aromatic heterocycles. The van der Waals surface area contributed by atoms with E-state index >= 15 is 0 Å². The van der Waals surface area contributed by atoms with E-state index in [-0.39, 0.29) is 5.69 Å². The number of hydrogen-bond donors (Lipinski definition) is 4. The molecule has 2 rings (SSSR count). The maximum absolute atomic E-state index is 13.4. The highest BCUT2D eigenvalue weighted by Gasteiger charge is 2.37. The van der Waals surface area contributed by atoms with Crippen LogP contribution in [0.5, 0.6) is 0 Å². The van der Waals surface area contributed by atoms with Crippen LogP contribution < -0.4 is 10.6 Å². The molecule has 0 aliphatic heterocycles. The number of Topliss-reactive ketones (excluding diaryl/α,β-unsaturated/α-hetero) is 1. The fraction of sp³-hybridized carbons (Fsp3) is 0.480. The minimum Gasteiger partial charge on any atom is -0.480 e. The van der Waals surface area contributed by atoms with E-state index in [1.54, 1.807) is 0 Å². The Morgan fingerprint density at radius 3 is 1.74 bits per heavy atom. The molecular weight excluding hydrogens is 674 g/mol. The van der Waals surface area contributed by atoms with Crippen molar-refractivity contribution in [2.45, 2.75) is 61.6 Å². The first-order valence-electron chi connectivity index (χ1n) is 12.8. The summed E-state index contributed by atoms with van der Waals surface area (Å²) in [4.78, 5) is 73.3. The van der Waals surface area contributed by atoms with Gasteiger partial charge in [-0.1, -0.05) is 0 Å². The number of halogens is 6. The highest BCUT2D eigenvalue weighted by atomic mass is 32.2. The lowest BCUT2D eigenvalue weighted by Gasteiger charge is -2.22. The summed E-state index contributed by atoms with van der Waals surface area (Å²) in [7, 11) is 0. The normalized spacial score (nSPS) is 14.4. The van der Waals surface area contributed by atoms with E-state index in [4.69, 9.17) is 0 Å². The van der Waals surface area contributed by atoms with Gasteiger partial charge in [0.1, 0.15) is 29.4 Å². The molecule has 0 spiro atoms. The van der Waals surface area contributed by atoms with Gasteiger partial charge in [-0.25, -0.2) is 29.5 Å². The number of carbonyl (C=O) groups excluding carboxylic acids is 3. The number of thioether (sulfide) groups is 2. The number of hydrogen-bond acceptors (Lipinski definition) is 11. The van der Waals surface area contributed by atoms with Crippen LogP contribution in [0.25, 0.3) is 0 Å². The second kappa shape index (κ2) is 16.5. The predicted molar refractivity (Wildman–Crippen MR) is 149 cm³/mol. The topological polar surface area (TPSA) is 201 Å². The van der Waals surface area contributed by atoms with Gasteiger partial charge in [-0.3, -0.25) is 14.4 Å². The molecule has 0 saturated carbocycles. The summed E-state index contributed by atoms with van der Waals surface area (Å²) < 4.78 is 80.1. The van der Waals surface area contributed by atoms with Crippen LogP contribution in [-0.4, -0.2) is 83.3 Å². The number of nitrogens with one attached hydrogen (secondary N) is 2. The van der Waals surface area contributed by atoms with Gasteiger partial charge in [0.15, 0.2) is 0 Å². The second-order valence-electron chi connectivity index (χ2n) is 9.37. The van der Waals surface area contributed by atoms with Gasteiger partial charge in [0, 0.05) is 50.6 Å². The van der Waals surface area contributed by atoms with Crippen LogP contribution in [0, 0.1) is 0 Å². The summed E-state index contributed by atoms with van der Waals surface area (Å²) in [6.07, 6.45) is -9.62. The Hall–Kier alpha value is -4.01. The lowest BCUT2D eigenvalue weighted by atomic mass is 10.1. The first-order valence-corrected chi connectivity index (χ1v) is 14.9. The Balaban J connectivity index is 2.44. The van der Waals surface area contributed by atoms with Gasteiger partial charge in [-0.2, -0.15) is 26.3 Å². The van der Waals surface area contributed by atoms with Crippen molar-refractivity contribution in [3.63, 3.8) is 0 Å². The zero-order valence-corrected chi connectivity index (χ0v) is 25.4. The number of ketones is 1. The quantitative estimate of drug-likeness (QED) is 0.186. The zero-order valence-electron chi connectivity index (χ0n) is 23.8. The van der Waals surface area contributed by atoms with Crippen LogP contribution in [-0.2, 0) is 36.3 Å². The fourth-order valence-electron chi connectivity index (χ4n) is 3.61. The van der Waals surface area contributed by atoms with E-state index in [1.807, 2.05) is 0 Å². The number of aromatic nitrogens is 4. The van der Waals surface area contributed by atoms with Crippen LogP contribution in [0.4, 0.5) is 26.3 Å². The van der Waals surface area contributed by atoms with Crippen molar-refractivity contribution in [1.82, 2.24) is 30.6 Å². The first kappa shape index (κ1) is 38.2. The van der Waals surface area contributed by atoms with Crippen molar-refractivity contribution < 1.29 is 60.5 Å². The number of amides is 2. The molecule has 252 valence electrons. The standard InChI is InChI=1S/C25H26F6N6O7S2/c1-11(38)34-15(21(41)42)9-45-17(14-3-5-33-23(36-14)25(29,30)31)7-13(40)8-18(46-10-16(22(43)44)35-12(2)39)20-32-6-4-19(37-20)24(26,27)28/h3-6,15-18H,7-10H2,1-2H3,(H,34,38)(H,35,39)(H,41,42)(H,43,44). The lowest BCUT2D eigenvalue weighted by molar-refractivity contribution is -0.145. The molecule has 0 saturated heterocycles. The van der Waals surface area contributed by atoms with Crippen molar-refractivity contribution in [1.29, 1.82) is 0 Å². The molecule has 4 unspecified atom stereocenters. The number of nitrogens with zero attached hydrogens (tertiary/aromatic N) is 4. The van der Waals surface area contributed by atoms with Crippen molar-refractivity contribution >= 4 is 53.1 Å². The molecule has 0 bridgehead atoms. The minimum absolute atomic E-state index is 0.330. The summed E-state index contributed by atoms with van der Waals surface area (Å²) in [5, 5.41) is 20.6. The molecule has 0 radical (unpaired) electrons. The highest BCUT2D eigenvalue weighted by Crippen LogP contribution is 2.38. The molecule has 2 amide bonds. The molecular formula is C25H26F6N6O7S2. The van der Waals surface area contributed by atoms with Crippen LogP contribution in [0.15, 0.2) is 24.5 Å². The van der Waals surface area contributed by atoms with Gasteiger partial charge in [0.05, 0.1) is 16.2 Å². The van der Waals surface area contributed by atoms with E-state index < -0.39 is 106 Å². The number of rotatable bonds is 16. The molecule has 0 aliphatic carbocycles. The van der Waals surface area contributed by atoms with Gasteiger partial charge < -0.3 is 20.8 Å². The molecule has 46 heavy (non-hydrogen) atoms. The number of carbonyl (C=O) groups is 5. The van der Waals surface area contributed by atoms with E-state index in [9.17, 15) is 60.5 Å². The number of alkyl halides is 6. The largest absolute Gasteiger partial charge is 0.480 e. The van der Waals surface area contributed by atoms with E-state index in [0.717, 1.165) is 32.3 Å². The minimum atomic E-state index is -4.98. The zero-order chi connectivity index (χ0) is 34.8. The monoisotopic (exact) mass is 700 g/mol. The predicted octanol–water partition coefficient (Wildman–Crippen LogP) is 3.08. The number of aliphatic carboxylic acids is 2. The molecule has 0 aliphatic rings. The van der Waals surface area contributed by atoms with Crippen LogP contribution in [0.2, 0.25) is 0 Å². The smallest absolute Gasteiger partial charge is 0.451 e. The maximum atomic E-state index is 13.4. The Morgan fingerprint density at radius 1 is 0.761 bits per heavy atom.